The molecule has 0 aromatic carbocycles. The Morgan fingerprint density at radius 1 is 1.67 bits per heavy atom. The predicted molar refractivity (Wildman–Crippen MR) is 50.6 cm³/mol. The summed E-state index contributed by atoms with van der Waals surface area (Å²) >= 11 is 0. The summed E-state index contributed by atoms with van der Waals surface area (Å²) in [6, 6.07) is 1.07. The van der Waals surface area contributed by atoms with Crippen LogP contribution in [0.25, 0.3) is 0 Å². The summed E-state index contributed by atoms with van der Waals surface area (Å²) < 4.78 is 4.42. The van der Waals surface area contributed by atoms with Crippen LogP contribution in [0.3, 0.4) is 0 Å². The lowest BCUT2D eigenvalue weighted by Gasteiger charge is -1.97. The summed E-state index contributed by atoms with van der Waals surface area (Å²) in [6.45, 7) is 3.92. The maximum Gasteiger partial charge on any atom is 0.374 e. The van der Waals surface area contributed by atoms with Gasteiger partial charge < -0.3 is 14.9 Å². The van der Waals surface area contributed by atoms with Crippen LogP contribution in [0.5, 0.6) is 0 Å². The minimum atomic E-state index is -1.26. The smallest absolute Gasteiger partial charge is 0.374 e. The van der Waals surface area contributed by atoms with E-state index < -0.39 is 11.9 Å². The van der Waals surface area contributed by atoms with Gasteiger partial charge in [-0.15, -0.1) is 6.58 Å². The zero-order valence-electron chi connectivity index (χ0n) is 7.90. The Labute approximate surface area is 85.6 Å². The fraction of sp³-hybridized carbons (Fsp3) is 0.222. The molecule has 80 valence electrons. The van der Waals surface area contributed by atoms with Crippen LogP contribution in [0, 0.1) is 0 Å². The molecule has 1 heterocycles. The van der Waals surface area contributed by atoms with Crippen molar-refractivity contribution in [1.29, 1.82) is 0 Å². The molecule has 0 spiro atoms. The highest BCUT2D eigenvalue weighted by atomic mass is 16.5. The lowest BCUT2D eigenvalue weighted by atomic mass is 10.3. The standard InChI is InChI=1S/C9H10N2O4/c1-2-3-4-10-8(12)6-5-7(9(13)14)15-11-6/h2,5H,1,3-4H2,(H,10,12)(H,13,14). The van der Waals surface area contributed by atoms with Crippen LogP contribution < -0.4 is 5.32 Å². The zero-order valence-corrected chi connectivity index (χ0v) is 7.90. The number of amides is 1. The normalized spacial score (nSPS) is 9.60. The summed E-state index contributed by atoms with van der Waals surface area (Å²) in [5.41, 5.74) is -0.0449. The molecular formula is C9H10N2O4. The Hall–Kier alpha value is -2.11. The summed E-state index contributed by atoms with van der Waals surface area (Å²) in [6.07, 6.45) is 2.29. The average molecular weight is 210 g/mol. The van der Waals surface area contributed by atoms with Crippen LogP contribution in [0.15, 0.2) is 23.2 Å². The fourth-order valence-corrected chi connectivity index (χ4v) is 0.861. The number of nitrogens with one attached hydrogen (secondary N) is 1. The molecule has 1 amide bonds. The number of aromatic carboxylic acids is 1. The van der Waals surface area contributed by atoms with Gasteiger partial charge in [0, 0.05) is 12.6 Å². The van der Waals surface area contributed by atoms with Crippen LogP contribution in [-0.4, -0.2) is 28.7 Å². The predicted octanol–water partition coefficient (Wildman–Crippen LogP) is 0.679. The Balaban J connectivity index is 2.58. The summed E-state index contributed by atoms with van der Waals surface area (Å²) in [4.78, 5) is 21.7. The van der Waals surface area contributed by atoms with Gasteiger partial charge in [0.15, 0.2) is 5.69 Å². The second-order valence-electron chi connectivity index (χ2n) is 2.71. The van der Waals surface area contributed by atoms with Crippen molar-refractivity contribution >= 4 is 11.9 Å². The van der Waals surface area contributed by atoms with Gasteiger partial charge >= 0.3 is 5.97 Å². The van der Waals surface area contributed by atoms with E-state index in [1.807, 2.05) is 0 Å². The fourth-order valence-electron chi connectivity index (χ4n) is 0.861. The van der Waals surface area contributed by atoms with Crippen LogP contribution in [0.2, 0.25) is 0 Å². The van der Waals surface area contributed by atoms with Crippen molar-refractivity contribution in [3.8, 4) is 0 Å². The van der Waals surface area contributed by atoms with Gasteiger partial charge in [0.2, 0.25) is 5.76 Å². The van der Waals surface area contributed by atoms with Gasteiger partial charge in [0.1, 0.15) is 0 Å². The Bertz CT molecular complexity index is 383. The number of carboxylic acids is 1. The van der Waals surface area contributed by atoms with Crippen molar-refractivity contribution < 1.29 is 19.2 Å². The van der Waals surface area contributed by atoms with Gasteiger partial charge in [-0.05, 0) is 6.42 Å². The van der Waals surface area contributed by atoms with Gasteiger partial charge in [-0.1, -0.05) is 11.2 Å². The molecule has 0 bridgehead atoms. The highest BCUT2D eigenvalue weighted by molar-refractivity contribution is 5.94. The number of rotatable bonds is 5. The van der Waals surface area contributed by atoms with Crippen molar-refractivity contribution in [2.75, 3.05) is 6.54 Å². The van der Waals surface area contributed by atoms with Gasteiger partial charge in [-0.25, -0.2) is 4.79 Å². The average Bonchev–Trinajstić information content (AvgIpc) is 2.66. The summed E-state index contributed by atoms with van der Waals surface area (Å²) in [5, 5.41) is 14.4. The lowest BCUT2D eigenvalue weighted by Crippen LogP contribution is -2.24. The van der Waals surface area contributed by atoms with E-state index in [9.17, 15) is 9.59 Å². The minimum Gasteiger partial charge on any atom is -0.475 e. The molecule has 0 radical (unpaired) electrons. The van der Waals surface area contributed by atoms with E-state index >= 15 is 0 Å². The van der Waals surface area contributed by atoms with E-state index in [2.05, 4.69) is 21.6 Å². The highest BCUT2D eigenvalue weighted by Crippen LogP contribution is 2.02. The minimum absolute atomic E-state index is 0.0449. The van der Waals surface area contributed by atoms with Gasteiger partial charge in [0.05, 0.1) is 0 Å². The van der Waals surface area contributed by atoms with Gasteiger partial charge in [0.25, 0.3) is 5.91 Å². The molecule has 2 N–H and O–H groups in total. The molecule has 6 nitrogen and oxygen atoms in total. The number of hydrogen-bond donors (Lipinski definition) is 2. The van der Waals surface area contributed by atoms with Gasteiger partial charge in [-0.2, -0.15) is 0 Å². The molecule has 1 aromatic rings. The van der Waals surface area contributed by atoms with Gasteiger partial charge in [-0.3, -0.25) is 4.79 Å². The number of nitrogens with zero attached hydrogens (tertiary/aromatic N) is 1. The van der Waals surface area contributed by atoms with E-state index in [-0.39, 0.29) is 11.5 Å². The lowest BCUT2D eigenvalue weighted by molar-refractivity contribution is 0.0651. The molecule has 0 aliphatic heterocycles. The quantitative estimate of drug-likeness (QED) is 0.550. The molecule has 1 rings (SSSR count). The van der Waals surface area contributed by atoms with E-state index in [1.165, 1.54) is 0 Å². The van der Waals surface area contributed by atoms with Crippen molar-refractivity contribution in [3.63, 3.8) is 0 Å². The highest BCUT2D eigenvalue weighted by Gasteiger charge is 2.15. The Morgan fingerprint density at radius 2 is 2.40 bits per heavy atom. The third-order valence-corrected chi connectivity index (χ3v) is 1.59. The Morgan fingerprint density at radius 3 is 2.93 bits per heavy atom. The molecule has 6 heteroatoms. The molecular weight excluding hydrogens is 200 g/mol. The van der Waals surface area contributed by atoms with E-state index in [4.69, 9.17) is 5.11 Å². The number of carbonyl (C=O) groups excluding carboxylic acids is 1. The summed E-state index contributed by atoms with van der Waals surface area (Å²) in [5.74, 6) is -2.08. The molecule has 0 unspecified atom stereocenters. The molecule has 0 saturated heterocycles. The molecule has 0 fully saturated rings. The maximum absolute atomic E-state index is 11.3. The van der Waals surface area contributed by atoms with Crippen molar-refractivity contribution in [1.82, 2.24) is 10.5 Å². The van der Waals surface area contributed by atoms with Crippen LogP contribution in [0.1, 0.15) is 27.5 Å². The largest absolute Gasteiger partial charge is 0.475 e. The topological polar surface area (TPSA) is 92.4 Å². The van der Waals surface area contributed by atoms with E-state index in [1.54, 1.807) is 6.08 Å². The molecule has 0 aliphatic rings. The molecule has 1 aromatic heterocycles. The van der Waals surface area contributed by atoms with Crippen molar-refractivity contribution in [3.05, 3.63) is 30.2 Å². The first kappa shape index (κ1) is 11.0. The van der Waals surface area contributed by atoms with Crippen LogP contribution >= 0.6 is 0 Å². The monoisotopic (exact) mass is 210 g/mol. The SMILES string of the molecule is C=CCCNC(=O)c1cc(C(=O)O)on1. The Kier molecular flexibility index (Phi) is 3.61. The van der Waals surface area contributed by atoms with Crippen molar-refractivity contribution in [2.24, 2.45) is 0 Å². The third kappa shape index (κ3) is 2.94. The summed E-state index contributed by atoms with van der Waals surface area (Å²) in [7, 11) is 0. The first-order valence-electron chi connectivity index (χ1n) is 4.24. The van der Waals surface area contributed by atoms with Crippen LogP contribution in [0.4, 0.5) is 0 Å². The maximum atomic E-state index is 11.3. The number of hydrogen-bond acceptors (Lipinski definition) is 4. The second kappa shape index (κ2) is 4.94. The first-order valence-corrected chi connectivity index (χ1v) is 4.24. The molecule has 15 heavy (non-hydrogen) atoms. The third-order valence-electron chi connectivity index (χ3n) is 1.59. The number of carbonyl (C=O) groups is 2. The first-order chi connectivity index (χ1) is 7.15. The zero-order chi connectivity index (χ0) is 11.3. The van der Waals surface area contributed by atoms with E-state index in [0.717, 1.165) is 6.07 Å². The number of carboxylic acid groups (broad SMARTS) is 1. The molecule has 0 saturated carbocycles. The van der Waals surface area contributed by atoms with Crippen LogP contribution in [-0.2, 0) is 0 Å². The second-order valence-corrected chi connectivity index (χ2v) is 2.71. The number of aromatic nitrogens is 1. The molecule has 0 atom stereocenters. The van der Waals surface area contributed by atoms with Crippen molar-refractivity contribution in [2.45, 2.75) is 6.42 Å². The van der Waals surface area contributed by atoms with E-state index in [0.29, 0.717) is 13.0 Å². The molecule has 0 aliphatic carbocycles.